The van der Waals surface area contributed by atoms with Gasteiger partial charge in [-0.15, -0.1) is 0 Å². The van der Waals surface area contributed by atoms with E-state index >= 15 is 0 Å². The highest BCUT2D eigenvalue weighted by atomic mass is 32.2. The van der Waals surface area contributed by atoms with Crippen LogP contribution < -0.4 is 14.4 Å². The van der Waals surface area contributed by atoms with Crippen molar-refractivity contribution in [3.05, 3.63) is 126 Å². The molecule has 248 valence electrons. The first-order valence-corrected chi connectivity index (χ1v) is 17.2. The Balaban J connectivity index is 1.80. The van der Waals surface area contributed by atoms with E-state index in [0.29, 0.717) is 18.8 Å². The first-order chi connectivity index (χ1) is 22.5. The molecule has 0 saturated carbocycles. The second-order valence-electron chi connectivity index (χ2n) is 11.4. The van der Waals surface area contributed by atoms with Crippen molar-refractivity contribution in [2.24, 2.45) is 0 Å². The number of carbonyl (C=O) groups is 2. The Morgan fingerprint density at radius 3 is 2.09 bits per heavy atom. The maximum atomic E-state index is 14.5. The number of hydrogen-bond donors (Lipinski definition) is 1. The van der Waals surface area contributed by atoms with Gasteiger partial charge in [-0.2, -0.15) is 0 Å². The summed E-state index contributed by atoms with van der Waals surface area (Å²) in [6.45, 7) is 7.53. The normalized spacial score (nSPS) is 12.5. The molecule has 4 aromatic rings. The topological polar surface area (TPSA) is 96.0 Å². The first kappa shape index (κ1) is 35.2. The SMILES string of the molecule is CCOc1ccc(N(CC(=O)N(Cc2ccc(C)cc2)[C@@H](Cc2ccccc2)C(=O)N[C@H](C)CC)S(=O)(=O)c2ccc(F)cc2)cc1. The minimum absolute atomic E-state index is 0.0677. The Hall–Kier alpha value is -4.70. The standard InChI is InChI=1S/C37H42FN3O5S/c1-5-28(4)39-37(43)35(24-29-10-8-7-9-11-29)40(25-30-14-12-27(3)13-15-30)36(42)26-41(32-18-20-33(21-19-32)46-6-2)47(44,45)34-22-16-31(38)17-23-34/h7-23,28,35H,5-6,24-26H2,1-4H3,(H,39,43)/t28-,35+/m1/s1. The molecule has 0 heterocycles. The predicted molar refractivity (Wildman–Crippen MR) is 182 cm³/mol. The van der Waals surface area contributed by atoms with Crippen LogP contribution in [0.5, 0.6) is 5.75 Å². The summed E-state index contributed by atoms with van der Waals surface area (Å²) in [6.07, 6.45) is 0.908. The molecule has 0 saturated heterocycles. The van der Waals surface area contributed by atoms with E-state index in [1.54, 1.807) is 24.3 Å². The smallest absolute Gasteiger partial charge is 0.264 e. The van der Waals surface area contributed by atoms with Gasteiger partial charge < -0.3 is 15.0 Å². The molecule has 0 radical (unpaired) electrons. The second-order valence-corrected chi connectivity index (χ2v) is 13.3. The zero-order chi connectivity index (χ0) is 34.0. The van der Waals surface area contributed by atoms with Gasteiger partial charge in [0.1, 0.15) is 24.2 Å². The minimum atomic E-state index is -4.35. The highest BCUT2D eigenvalue weighted by Crippen LogP contribution is 2.27. The van der Waals surface area contributed by atoms with Crippen molar-refractivity contribution >= 4 is 27.5 Å². The third kappa shape index (κ3) is 9.42. The number of sulfonamides is 1. The van der Waals surface area contributed by atoms with Crippen LogP contribution in [0.1, 0.15) is 43.9 Å². The molecule has 0 aromatic heterocycles. The number of carbonyl (C=O) groups excluding carboxylic acids is 2. The molecule has 4 aromatic carbocycles. The number of amides is 2. The van der Waals surface area contributed by atoms with Crippen molar-refractivity contribution in [2.45, 2.75) is 64.1 Å². The molecule has 0 bridgehead atoms. The molecular formula is C37H42FN3O5S. The molecule has 0 fully saturated rings. The number of hydrogen-bond acceptors (Lipinski definition) is 5. The summed E-state index contributed by atoms with van der Waals surface area (Å²) in [5.74, 6) is -0.969. The maximum Gasteiger partial charge on any atom is 0.264 e. The number of nitrogens with zero attached hydrogens (tertiary/aromatic N) is 2. The summed E-state index contributed by atoms with van der Waals surface area (Å²) in [6, 6.07) is 26.7. The number of nitrogens with one attached hydrogen (secondary N) is 1. The van der Waals surface area contributed by atoms with Crippen molar-refractivity contribution < 1.29 is 27.1 Å². The average Bonchev–Trinajstić information content (AvgIpc) is 3.07. The van der Waals surface area contributed by atoms with E-state index < -0.39 is 34.3 Å². The Morgan fingerprint density at radius 1 is 0.851 bits per heavy atom. The molecule has 0 aliphatic rings. The minimum Gasteiger partial charge on any atom is -0.494 e. The van der Waals surface area contributed by atoms with E-state index in [0.717, 1.165) is 33.1 Å². The quantitative estimate of drug-likeness (QED) is 0.162. The number of ether oxygens (including phenoxy) is 1. The summed E-state index contributed by atoms with van der Waals surface area (Å²) < 4.78 is 48.6. The van der Waals surface area contributed by atoms with Gasteiger partial charge in [-0.3, -0.25) is 13.9 Å². The molecule has 47 heavy (non-hydrogen) atoms. The fourth-order valence-electron chi connectivity index (χ4n) is 5.02. The molecule has 2 amide bonds. The van der Waals surface area contributed by atoms with Crippen LogP contribution in [0, 0.1) is 12.7 Å². The van der Waals surface area contributed by atoms with Crippen molar-refractivity contribution in [3.63, 3.8) is 0 Å². The number of aryl methyl sites for hydroxylation is 1. The highest BCUT2D eigenvalue weighted by molar-refractivity contribution is 7.92. The lowest BCUT2D eigenvalue weighted by atomic mass is 10.0. The van der Waals surface area contributed by atoms with Crippen LogP contribution in [0.4, 0.5) is 10.1 Å². The average molecular weight is 660 g/mol. The van der Waals surface area contributed by atoms with E-state index in [1.807, 2.05) is 82.3 Å². The summed E-state index contributed by atoms with van der Waals surface area (Å²) in [5.41, 5.74) is 2.88. The maximum absolute atomic E-state index is 14.5. The van der Waals surface area contributed by atoms with Gasteiger partial charge in [0.25, 0.3) is 10.0 Å². The van der Waals surface area contributed by atoms with Crippen LogP contribution in [0.2, 0.25) is 0 Å². The molecular weight excluding hydrogens is 617 g/mol. The molecule has 2 atom stereocenters. The van der Waals surface area contributed by atoms with Crippen LogP contribution >= 0.6 is 0 Å². The van der Waals surface area contributed by atoms with E-state index in [-0.39, 0.29) is 35.5 Å². The molecule has 0 aliphatic heterocycles. The number of anilines is 1. The van der Waals surface area contributed by atoms with E-state index in [2.05, 4.69) is 5.32 Å². The second kappa shape index (κ2) is 16.2. The summed E-state index contributed by atoms with van der Waals surface area (Å²) in [4.78, 5) is 29.7. The van der Waals surface area contributed by atoms with Gasteiger partial charge >= 0.3 is 0 Å². The van der Waals surface area contributed by atoms with Gasteiger partial charge in [-0.1, -0.05) is 67.1 Å². The fourth-order valence-corrected chi connectivity index (χ4v) is 6.44. The number of benzene rings is 4. The van der Waals surface area contributed by atoms with E-state index in [4.69, 9.17) is 4.74 Å². The lowest BCUT2D eigenvalue weighted by molar-refractivity contribution is -0.140. The lowest BCUT2D eigenvalue weighted by Gasteiger charge is -2.34. The Labute approximate surface area is 277 Å². The molecule has 0 unspecified atom stereocenters. The lowest BCUT2D eigenvalue weighted by Crippen LogP contribution is -2.54. The Kier molecular flexibility index (Phi) is 12.1. The van der Waals surface area contributed by atoms with Crippen LogP contribution in [-0.4, -0.2) is 50.4 Å². The number of rotatable bonds is 15. The summed E-state index contributed by atoms with van der Waals surface area (Å²) in [7, 11) is -4.35. The van der Waals surface area contributed by atoms with Crippen LogP contribution in [0.25, 0.3) is 0 Å². The van der Waals surface area contributed by atoms with Crippen molar-refractivity contribution in [3.8, 4) is 5.75 Å². The zero-order valence-electron chi connectivity index (χ0n) is 27.2. The monoisotopic (exact) mass is 659 g/mol. The Morgan fingerprint density at radius 2 is 1.49 bits per heavy atom. The Bertz CT molecular complexity index is 1720. The fraction of sp³-hybridized carbons (Fsp3) is 0.297. The zero-order valence-corrected chi connectivity index (χ0v) is 28.0. The van der Waals surface area contributed by atoms with Gasteiger partial charge in [0.15, 0.2) is 0 Å². The van der Waals surface area contributed by atoms with Gasteiger partial charge in [0.05, 0.1) is 17.2 Å². The molecule has 10 heteroatoms. The van der Waals surface area contributed by atoms with Crippen LogP contribution in [0.3, 0.4) is 0 Å². The van der Waals surface area contributed by atoms with Crippen LogP contribution in [0.15, 0.2) is 108 Å². The first-order valence-electron chi connectivity index (χ1n) is 15.7. The van der Waals surface area contributed by atoms with Crippen molar-refractivity contribution in [1.82, 2.24) is 10.2 Å². The molecule has 1 N–H and O–H groups in total. The van der Waals surface area contributed by atoms with Crippen LogP contribution in [-0.2, 0) is 32.6 Å². The van der Waals surface area contributed by atoms with E-state index in [9.17, 15) is 22.4 Å². The molecule has 8 nitrogen and oxygen atoms in total. The van der Waals surface area contributed by atoms with Crippen molar-refractivity contribution in [2.75, 3.05) is 17.5 Å². The van der Waals surface area contributed by atoms with Gasteiger partial charge in [0.2, 0.25) is 11.8 Å². The van der Waals surface area contributed by atoms with Gasteiger partial charge in [-0.25, -0.2) is 12.8 Å². The summed E-state index contributed by atoms with van der Waals surface area (Å²) in [5, 5.41) is 3.03. The van der Waals surface area contributed by atoms with E-state index in [1.165, 1.54) is 17.0 Å². The third-order valence-corrected chi connectivity index (χ3v) is 9.65. The highest BCUT2D eigenvalue weighted by Gasteiger charge is 2.35. The molecule has 0 aliphatic carbocycles. The van der Waals surface area contributed by atoms with Gasteiger partial charge in [-0.05, 0) is 86.8 Å². The van der Waals surface area contributed by atoms with Crippen molar-refractivity contribution in [1.29, 1.82) is 0 Å². The molecule has 0 spiro atoms. The largest absolute Gasteiger partial charge is 0.494 e. The summed E-state index contributed by atoms with van der Waals surface area (Å²) >= 11 is 0. The molecule has 4 rings (SSSR count). The number of halogens is 1. The predicted octanol–water partition coefficient (Wildman–Crippen LogP) is 6.28. The third-order valence-electron chi connectivity index (χ3n) is 7.86. The van der Waals surface area contributed by atoms with Gasteiger partial charge in [0, 0.05) is 19.0 Å².